The molecule has 1 saturated heterocycles. The number of Topliss-reactive ketones (excluding diaryl/α,β-unsaturated/α-hetero) is 1. The summed E-state index contributed by atoms with van der Waals surface area (Å²) >= 11 is 0. The van der Waals surface area contributed by atoms with Crippen LogP contribution in [0.3, 0.4) is 0 Å². The number of hydrogen-bond donors (Lipinski definition) is 0. The van der Waals surface area contributed by atoms with Crippen LogP contribution in [0.4, 0.5) is 0 Å². The van der Waals surface area contributed by atoms with Crippen molar-refractivity contribution in [3.8, 4) is 5.75 Å². The Balaban J connectivity index is 2.27. The van der Waals surface area contributed by atoms with Gasteiger partial charge in [0.2, 0.25) is 0 Å². The van der Waals surface area contributed by atoms with Crippen molar-refractivity contribution in [2.75, 3.05) is 13.7 Å². The van der Waals surface area contributed by atoms with Crippen molar-refractivity contribution in [2.45, 2.75) is 25.9 Å². The molecule has 0 aromatic carbocycles. The third kappa shape index (κ3) is 2.07. The standard InChI is InChI=1S/C12H18N2O3/c1-4-9-8(5-6-17-9)12(15)11-10(16-3)7-13-14(11)2/h7-9H,4-6H2,1-3H3. The van der Waals surface area contributed by atoms with Gasteiger partial charge in [0, 0.05) is 13.7 Å². The maximum Gasteiger partial charge on any atom is 0.190 e. The molecular weight excluding hydrogens is 220 g/mol. The number of hydrogen-bond acceptors (Lipinski definition) is 4. The van der Waals surface area contributed by atoms with Gasteiger partial charge in [-0.3, -0.25) is 9.48 Å². The lowest BCUT2D eigenvalue weighted by molar-refractivity contribution is 0.0680. The van der Waals surface area contributed by atoms with Crippen molar-refractivity contribution in [3.05, 3.63) is 11.9 Å². The predicted molar refractivity (Wildman–Crippen MR) is 62.2 cm³/mol. The van der Waals surface area contributed by atoms with Gasteiger partial charge in [-0.25, -0.2) is 0 Å². The van der Waals surface area contributed by atoms with E-state index in [4.69, 9.17) is 9.47 Å². The summed E-state index contributed by atoms with van der Waals surface area (Å²) in [6, 6.07) is 0. The van der Waals surface area contributed by atoms with Gasteiger partial charge in [0.15, 0.2) is 11.5 Å². The van der Waals surface area contributed by atoms with Gasteiger partial charge in [-0.2, -0.15) is 5.10 Å². The van der Waals surface area contributed by atoms with Crippen LogP contribution in [0.1, 0.15) is 30.3 Å². The molecule has 5 heteroatoms. The van der Waals surface area contributed by atoms with Crippen LogP contribution in [0.25, 0.3) is 0 Å². The number of ketones is 1. The lowest BCUT2D eigenvalue weighted by atomic mass is 9.93. The monoisotopic (exact) mass is 238 g/mol. The van der Waals surface area contributed by atoms with Crippen molar-refractivity contribution < 1.29 is 14.3 Å². The van der Waals surface area contributed by atoms with Crippen LogP contribution in [0.15, 0.2) is 6.20 Å². The Hall–Kier alpha value is -1.36. The second-order valence-electron chi connectivity index (χ2n) is 4.26. The summed E-state index contributed by atoms with van der Waals surface area (Å²) in [4.78, 5) is 12.5. The smallest absolute Gasteiger partial charge is 0.190 e. The molecule has 2 rings (SSSR count). The molecule has 1 aromatic heterocycles. The zero-order valence-corrected chi connectivity index (χ0v) is 10.5. The third-order valence-electron chi connectivity index (χ3n) is 3.31. The summed E-state index contributed by atoms with van der Waals surface area (Å²) in [5, 5.41) is 4.06. The number of nitrogens with zero attached hydrogens (tertiary/aromatic N) is 2. The van der Waals surface area contributed by atoms with Gasteiger partial charge in [0.05, 0.1) is 25.3 Å². The minimum Gasteiger partial charge on any atom is -0.493 e. The molecule has 0 radical (unpaired) electrons. The van der Waals surface area contributed by atoms with Crippen molar-refractivity contribution in [1.29, 1.82) is 0 Å². The highest BCUT2D eigenvalue weighted by Gasteiger charge is 2.36. The fraction of sp³-hybridized carbons (Fsp3) is 0.667. The number of rotatable bonds is 4. The van der Waals surface area contributed by atoms with E-state index in [2.05, 4.69) is 5.10 Å². The zero-order chi connectivity index (χ0) is 12.4. The molecule has 1 aliphatic rings. The van der Waals surface area contributed by atoms with Gasteiger partial charge in [-0.1, -0.05) is 6.92 Å². The molecule has 17 heavy (non-hydrogen) atoms. The van der Waals surface area contributed by atoms with E-state index < -0.39 is 0 Å². The molecule has 0 saturated carbocycles. The number of carbonyl (C=O) groups is 1. The Morgan fingerprint density at radius 2 is 2.47 bits per heavy atom. The van der Waals surface area contributed by atoms with E-state index in [-0.39, 0.29) is 17.8 Å². The molecule has 0 aliphatic carbocycles. The molecule has 1 aliphatic heterocycles. The van der Waals surface area contributed by atoms with E-state index in [1.54, 1.807) is 25.0 Å². The topological polar surface area (TPSA) is 53.4 Å². The normalized spacial score (nSPS) is 23.9. The maximum absolute atomic E-state index is 12.5. The summed E-state index contributed by atoms with van der Waals surface area (Å²) in [5.74, 6) is 0.551. The maximum atomic E-state index is 12.5. The summed E-state index contributed by atoms with van der Waals surface area (Å²) in [5.41, 5.74) is 0.543. The lowest BCUT2D eigenvalue weighted by Crippen LogP contribution is -2.25. The van der Waals surface area contributed by atoms with E-state index in [9.17, 15) is 4.79 Å². The van der Waals surface area contributed by atoms with Gasteiger partial charge >= 0.3 is 0 Å². The van der Waals surface area contributed by atoms with Crippen LogP contribution < -0.4 is 4.74 Å². The van der Waals surface area contributed by atoms with Crippen molar-refractivity contribution in [2.24, 2.45) is 13.0 Å². The average molecular weight is 238 g/mol. The highest BCUT2D eigenvalue weighted by atomic mass is 16.5. The zero-order valence-electron chi connectivity index (χ0n) is 10.5. The molecule has 2 atom stereocenters. The number of carbonyl (C=O) groups excluding carboxylic acids is 1. The molecule has 0 bridgehead atoms. The molecule has 0 amide bonds. The van der Waals surface area contributed by atoms with Gasteiger partial charge in [-0.15, -0.1) is 0 Å². The second kappa shape index (κ2) is 4.87. The minimum absolute atomic E-state index is 0.0297. The first kappa shape index (κ1) is 12.1. The average Bonchev–Trinajstić information content (AvgIpc) is 2.93. The summed E-state index contributed by atoms with van der Waals surface area (Å²) in [7, 11) is 3.31. The molecule has 2 heterocycles. The summed E-state index contributed by atoms with van der Waals surface area (Å²) < 4.78 is 12.3. The van der Waals surface area contributed by atoms with Gasteiger partial charge < -0.3 is 9.47 Å². The first-order valence-electron chi connectivity index (χ1n) is 5.90. The van der Waals surface area contributed by atoms with Crippen LogP contribution in [0, 0.1) is 5.92 Å². The first-order chi connectivity index (χ1) is 8.19. The van der Waals surface area contributed by atoms with Crippen LogP contribution in [0.2, 0.25) is 0 Å². The molecule has 0 N–H and O–H groups in total. The van der Waals surface area contributed by atoms with E-state index in [0.717, 1.165) is 12.8 Å². The van der Waals surface area contributed by atoms with E-state index in [1.807, 2.05) is 6.92 Å². The molecule has 1 aromatic rings. The summed E-state index contributed by atoms with van der Waals surface area (Å²) in [6.45, 7) is 2.70. The first-order valence-corrected chi connectivity index (χ1v) is 5.90. The quantitative estimate of drug-likeness (QED) is 0.744. The van der Waals surface area contributed by atoms with Gasteiger partial charge in [0.1, 0.15) is 5.69 Å². The molecular formula is C12H18N2O3. The third-order valence-corrected chi connectivity index (χ3v) is 3.31. The fourth-order valence-corrected chi connectivity index (χ4v) is 2.37. The highest BCUT2D eigenvalue weighted by Crippen LogP contribution is 2.29. The Bertz CT molecular complexity index is 414. The highest BCUT2D eigenvalue weighted by molar-refractivity contribution is 5.99. The van der Waals surface area contributed by atoms with Crippen molar-refractivity contribution in [1.82, 2.24) is 9.78 Å². The fourth-order valence-electron chi connectivity index (χ4n) is 2.37. The predicted octanol–water partition coefficient (Wildman–Crippen LogP) is 1.43. The number of aromatic nitrogens is 2. The second-order valence-corrected chi connectivity index (χ2v) is 4.26. The molecule has 2 unspecified atom stereocenters. The number of ether oxygens (including phenoxy) is 2. The summed E-state index contributed by atoms with van der Waals surface area (Å²) in [6.07, 6.45) is 3.24. The molecule has 94 valence electrons. The Labute approximate surface area is 101 Å². The Morgan fingerprint density at radius 1 is 1.71 bits per heavy atom. The Kier molecular flexibility index (Phi) is 3.47. The SMILES string of the molecule is CCC1OCCC1C(=O)c1c(OC)cnn1C. The largest absolute Gasteiger partial charge is 0.493 e. The van der Waals surface area contributed by atoms with Crippen molar-refractivity contribution >= 4 is 5.78 Å². The molecule has 0 spiro atoms. The lowest BCUT2D eigenvalue weighted by Gasteiger charge is -2.16. The van der Waals surface area contributed by atoms with Crippen LogP contribution >= 0.6 is 0 Å². The van der Waals surface area contributed by atoms with Crippen molar-refractivity contribution in [3.63, 3.8) is 0 Å². The number of aryl methyl sites for hydroxylation is 1. The number of methoxy groups -OCH3 is 1. The van der Waals surface area contributed by atoms with Gasteiger partial charge in [-0.05, 0) is 12.8 Å². The van der Waals surface area contributed by atoms with E-state index in [0.29, 0.717) is 18.1 Å². The van der Waals surface area contributed by atoms with Crippen LogP contribution in [-0.4, -0.2) is 35.4 Å². The molecule has 5 nitrogen and oxygen atoms in total. The van der Waals surface area contributed by atoms with E-state index >= 15 is 0 Å². The van der Waals surface area contributed by atoms with Crippen LogP contribution in [0.5, 0.6) is 5.75 Å². The van der Waals surface area contributed by atoms with Gasteiger partial charge in [0.25, 0.3) is 0 Å². The minimum atomic E-state index is -0.0655. The Morgan fingerprint density at radius 3 is 3.12 bits per heavy atom. The van der Waals surface area contributed by atoms with Crippen LogP contribution in [-0.2, 0) is 11.8 Å². The van der Waals surface area contributed by atoms with E-state index in [1.165, 1.54) is 0 Å². The molecule has 1 fully saturated rings.